The lowest BCUT2D eigenvalue weighted by Gasteiger charge is -2.13. The molecule has 1 aliphatic rings. The van der Waals surface area contributed by atoms with Crippen molar-refractivity contribution in [3.8, 4) is 5.75 Å². The van der Waals surface area contributed by atoms with Crippen molar-refractivity contribution in [3.63, 3.8) is 0 Å². The molecule has 0 amide bonds. The molecule has 1 unspecified atom stereocenters. The highest BCUT2D eigenvalue weighted by Gasteiger charge is 2.22. The molecule has 0 aliphatic carbocycles. The van der Waals surface area contributed by atoms with E-state index in [1.165, 1.54) is 10.5 Å². The summed E-state index contributed by atoms with van der Waals surface area (Å²) in [6.45, 7) is 2.73. The molecule has 0 radical (unpaired) electrons. The molecule has 0 aromatic heterocycles. The highest BCUT2D eigenvalue weighted by Crippen LogP contribution is 2.36. The molecule has 0 fully saturated rings. The lowest BCUT2D eigenvalue weighted by molar-refractivity contribution is 0.317. The Kier molecular flexibility index (Phi) is 3.99. The molecule has 2 N–H and O–H groups in total. The maximum absolute atomic E-state index is 5.94. The molecular formula is C17H19NOS. The number of rotatable bonds is 4. The van der Waals surface area contributed by atoms with Crippen molar-refractivity contribution in [2.75, 3.05) is 6.61 Å². The van der Waals surface area contributed by atoms with Crippen LogP contribution in [0.1, 0.15) is 24.1 Å². The Morgan fingerprint density at radius 1 is 1.25 bits per heavy atom. The average molecular weight is 285 g/mol. The van der Waals surface area contributed by atoms with Crippen LogP contribution in [0.3, 0.4) is 0 Å². The fourth-order valence-electron chi connectivity index (χ4n) is 2.42. The van der Waals surface area contributed by atoms with Gasteiger partial charge in [-0.05, 0) is 42.7 Å². The predicted octanol–water partition coefficient (Wildman–Crippen LogP) is 3.80. The van der Waals surface area contributed by atoms with Crippen LogP contribution in [0.5, 0.6) is 5.75 Å². The minimum Gasteiger partial charge on any atom is -0.492 e. The summed E-state index contributed by atoms with van der Waals surface area (Å²) in [6, 6.07) is 16.7. The van der Waals surface area contributed by atoms with Crippen LogP contribution in [0, 0.1) is 0 Å². The van der Waals surface area contributed by atoms with Gasteiger partial charge in [0.1, 0.15) is 12.4 Å². The molecule has 2 aromatic carbocycles. The SMILES string of the molecule is C[C@@H](N)c1cccc(OCC2Cc3ccccc3S2)c1. The van der Waals surface area contributed by atoms with Crippen LogP contribution >= 0.6 is 11.8 Å². The van der Waals surface area contributed by atoms with Crippen molar-refractivity contribution in [2.45, 2.75) is 29.5 Å². The largest absolute Gasteiger partial charge is 0.492 e. The Morgan fingerprint density at radius 2 is 2.10 bits per heavy atom. The van der Waals surface area contributed by atoms with Gasteiger partial charge in [0.25, 0.3) is 0 Å². The van der Waals surface area contributed by atoms with Crippen molar-refractivity contribution < 1.29 is 4.74 Å². The van der Waals surface area contributed by atoms with Crippen LogP contribution < -0.4 is 10.5 Å². The summed E-state index contributed by atoms with van der Waals surface area (Å²) in [4.78, 5) is 1.39. The van der Waals surface area contributed by atoms with Crippen LogP contribution in [0.4, 0.5) is 0 Å². The van der Waals surface area contributed by atoms with Crippen molar-refractivity contribution in [3.05, 3.63) is 59.7 Å². The second-order valence-corrected chi connectivity index (χ2v) is 6.57. The first-order valence-electron chi connectivity index (χ1n) is 6.95. The summed E-state index contributed by atoms with van der Waals surface area (Å²) in [5.41, 5.74) is 8.45. The van der Waals surface area contributed by atoms with Gasteiger partial charge in [-0.2, -0.15) is 0 Å². The summed E-state index contributed by atoms with van der Waals surface area (Å²) in [6.07, 6.45) is 1.09. The number of thioether (sulfide) groups is 1. The standard InChI is InChI=1S/C17H19NOS/c1-12(18)13-6-4-7-15(9-13)19-11-16-10-14-5-2-3-8-17(14)20-16/h2-9,12,16H,10-11,18H2,1H3/t12-,16?/m1/s1. The van der Waals surface area contributed by atoms with Crippen LogP contribution in [0.2, 0.25) is 0 Å². The second kappa shape index (κ2) is 5.90. The molecule has 104 valence electrons. The van der Waals surface area contributed by atoms with E-state index in [1.807, 2.05) is 43.0 Å². The van der Waals surface area contributed by atoms with Crippen molar-refractivity contribution in [1.82, 2.24) is 0 Å². The van der Waals surface area contributed by atoms with Gasteiger partial charge in [0.2, 0.25) is 0 Å². The minimum absolute atomic E-state index is 0.0451. The van der Waals surface area contributed by atoms with E-state index in [9.17, 15) is 0 Å². The van der Waals surface area contributed by atoms with Crippen LogP contribution in [-0.2, 0) is 6.42 Å². The zero-order valence-electron chi connectivity index (χ0n) is 11.6. The first kappa shape index (κ1) is 13.5. The van der Waals surface area contributed by atoms with Gasteiger partial charge >= 0.3 is 0 Å². The third-order valence-electron chi connectivity index (χ3n) is 3.53. The van der Waals surface area contributed by atoms with Crippen LogP contribution in [-0.4, -0.2) is 11.9 Å². The molecule has 0 spiro atoms. The predicted molar refractivity (Wildman–Crippen MR) is 84.3 cm³/mol. The smallest absolute Gasteiger partial charge is 0.119 e. The maximum Gasteiger partial charge on any atom is 0.119 e. The van der Waals surface area contributed by atoms with E-state index in [4.69, 9.17) is 10.5 Å². The number of hydrogen-bond acceptors (Lipinski definition) is 3. The van der Waals surface area contributed by atoms with Gasteiger partial charge in [-0.25, -0.2) is 0 Å². The number of benzene rings is 2. The molecule has 20 heavy (non-hydrogen) atoms. The monoisotopic (exact) mass is 285 g/mol. The summed E-state index contributed by atoms with van der Waals surface area (Å²) >= 11 is 1.92. The normalized spacial score (nSPS) is 18.6. The number of ether oxygens (including phenoxy) is 1. The molecule has 0 saturated heterocycles. The fourth-order valence-corrected chi connectivity index (χ4v) is 3.64. The Balaban J connectivity index is 1.60. The Hall–Kier alpha value is -1.45. The first-order chi connectivity index (χ1) is 9.72. The van der Waals surface area contributed by atoms with E-state index in [0.717, 1.165) is 24.3 Å². The topological polar surface area (TPSA) is 35.2 Å². The van der Waals surface area contributed by atoms with Crippen molar-refractivity contribution in [2.24, 2.45) is 5.73 Å². The quantitative estimate of drug-likeness (QED) is 0.928. The lowest BCUT2D eigenvalue weighted by atomic mass is 10.1. The molecule has 0 bridgehead atoms. The van der Waals surface area contributed by atoms with Gasteiger partial charge < -0.3 is 10.5 Å². The van der Waals surface area contributed by atoms with Gasteiger partial charge in [0.15, 0.2) is 0 Å². The molecule has 0 saturated carbocycles. The van der Waals surface area contributed by atoms with E-state index in [2.05, 4.69) is 24.3 Å². The minimum atomic E-state index is 0.0451. The first-order valence-corrected chi connectivity index (χ1v) is 7.83. The Bertz CT molecular complexity index is 572. The molecule has 3 heteroatoms. The zero-order chi connectivity index (χ0) is 13.9. The summed E-state index contributed by atoms with van der Waals surface area (Å²) in [7, 11) is 0. The summed E-state index contributed by atoms with van der Waals surface area (Å²) in [5, 5.41) is 0.506. The molecule has 3 rings (SSSR count). The van der Waals surface area contributed by atoms with Gasteiger partial charge in [-0.1, -0.05) is 30.3 Å². The summed E-state index contributed by atoms with van der Waals surface area (Å²) in [5.74, 6) is 0.913. The number of hydrogen-bond donors (Lipinski definition) is 1. The van der Waals surface area contributed by atoms with Gasteiger partial charge in [-0.15, -0.1) is 11.8 Å². The second-order valence-electron chi connectivity index (χ2n) is 5.22. The van der Waals surface area contributed by atoms with Gasteiger partial charge in [0.05, 0.1) is 0 Å². The van der Waals surface area contributed by atoms with Crippen LogP contribution in [0.15, 0.2) is 53.4 Å². The average Bonchev–Trinajstić information content (AvgIpc) is 2.88. The maximum atomic E-state index is 5.94. The van der Waals surface area contributed by atoms with E-state index in [-0.39, 0.29) is 6.04 Å². The third-order valence-corrected chi connectivity index (χ3v) is 4.82. The molecule has 2 atom stereocenters. The third kappa shape index (κ3) is 3.00. The van der Waals surface area contributed by atoms with Crippen LogP contribution in [0.25, 0.3) is 0 Å². The van der Waals surface area contributed by atoms with E-state index in [1.54, 1.807) is 0 Å². The van der Waals surface area contributed by atoms with E-state index >= 15 is 0 Å². The zero-order valence-corrected chi connectivity index (χ0v) is 12.4. The fraction of sp³-hybridized carbons (Fsp3) is 0.294. The van der Waals surface area contributed by atoms with E-state index < -0.39 is 0 Å². The Labute approximate surface area is 124 Å². The number of fused-ring (bicyclic) bond motifs is 1. The number of nitrogens with two attached hydrogens (primary N) is 1. The molecule has 2 nitrogen and oxygen atoms in total. The molecule has 1 aliphatic heterocycles. The van der Waals surface area contributed by atoms with Gasteiger partial charge in [0, 0.05) is 16.2 Å². The molecular weight excluding hydrogens is 266 g/mol. The lowest BCUT2D eigenvalue weighted by Crippen LogP contribution is -2.13. The van der Waals surface area contributed by atoms with Crippen molar-refractivity contribution in [1.29, 1.82) is 0 Å². The Morgan fingerprint density at radius 3 is 2.90 bits per heavy atom. The van der Waals surface area contributed by atoms with E-state index in [0.29, 0.717) is 5.25 Å². The van der Waals surface area contributed by atoms with Gasteiger partial charge in [-0.3, -0.25) is 0 Å². The summed E-state index contributed by atoms with van der Waals surface area (Å²) < 4.78 is 5.94. The van der Waals surface area contributed by atoms with Crippen molar-refractivity contribution >= 4 is 11.8 Å². The highest BCUT2D eigenvalue weighted by atomic mass is 32.2. The molecule has 1 heterocycles. The highest BCUT2D eigenvalue weighted by molar-refractivity contribution is 8.00. The molecule has 2 aromatic rings.